The van der Waals surface area contributed by atoms with Gasteiger partial charge in [-0.3, -0.25) is 0 Å². The standard InChI is InChI=1S/C31H29NO/c1-23-7-13-26(14-8-23)31(27-15-9-24(2)10-16-27)6-4-5-25-11-17-28(18-12-25)32-29-19-21-30(33-3)22-20-29/h4-22,32H,1-3H3. The predicted octanol–water partition coefficient (Wildman–Crippen LogP) is 8.20. The smallest absolute Gasteiger partial charge is 0.119 e. The van der Waals surface area contributed by atoms with Crippen LogP contribution >= 0.6 is 0 Å². The van der Waals surface area contributed by atoms with Crippen LogP contribution in [0.2, 0.25) is 0 Å². The highest BCUT2D eigenvalue weighted by atomic mass is 16.5. The highest BCUT2D eigenvalue weighted by Gasteiger charge is 2.04. The molecular weight excluding hydrogens is 402 g/mol. The molecule has 0 aliphatic rings. The predicted molar refractivity (Wildman–Crippen MR) is 141 cm³/mol. The van der Waals surface area contributed by atoms with Gasteiger partial charge in [-0.15, -0.1) is 0 Å². The average Bonchev–Trinajstić information content (AvgIpc) is 2.85. The van der Waals surface area contributed by atoms with E-state index in [0.717, 1.165) is 22.7 Å². The molecule has 1 N–H and O–H groups in total. The van der Waals surface area contributed by atoms with Crippen molar-refractivity contribution in [3.63, 3.8) is 0 Å². The van der Waals surface area contributed by atoms with Gasteiger partial charge in [-0.05, 0) is 72.5 Å². The molecule has 0 aliphatic heterocycles. The lowest BCUT2D eigenvalue weighted by Gasteiger charge is -2.09. The first-order valence-corrected chi connectivity index (χ1v) is 11.1. The van der Waals surface area contributed by atoms with Crippen molar-refractivity contribution < 1.29 is 4.74 Å². The molecule has 0 saturated heterocycles. The number of hydrogen-bond acceptors (Lipinski definition) is 2. The Bertz CT molecular complexity index is 1180. The van der Waals surface area contributed by atoms with Gasteiger partial charge in [0.25, 0.3) is 0 Å². The second kappa shape index (κ2) is 10.5. The zero-order valence-corrected chi connectivity index (χ0v) is 19.4. The molecule has 0 saturated carbocycles. The summed E-state index contributed by atoms with van der Waals surface area (Å²) in [6, 6.07) is 33.7. The molecule has 164 valence electrons. The van der Waals surface area contributed by atoms with E-state index in [1.54, 1.807) is 7.11 Å². The lowest BCUT2D eigenvalue weighted by Crippen LogP contribution is -1.90. The molecule has 2 heteroatoms. The number of aryl methyl sites for hydroxylation is 2. The molecule has 4 aromatic carbocycles. The molecule has 0 amide bonds. The van der Waals surface area contributed by atoms with Gasteiger partial charge in [-0.2, -0.15) is 0 Å². The fourth-order valence-corrected chi connectivity index (χ4v) is 3.60. The topological polar surface area (TPSA) is 21.3 Å². The first-order valence-electron chi connectivity index (χ1n) is 11.1. The molecule has 0 radical (unpaired) electrons. The van der Waals surface area contributed by atoms with Crippen LogP contribution in [0.1, 0.15) is 27.8 Å². The van der Waals surface area contributed by atoms with Crippen LogP contribution in [-0.4, -0.2) is 7.11 Å². The van der Waals surface area contributed by atoms with E-state index >= 15 is 0 Å². The molecule has 0 bridgehead atoms. The van der Waals surface area contributed by atoms with Crippen LogP contribution in [-0.2, 0) is 0 Å². The van der Waals surface area contributed by atoms with Crippen molar-refractivity contribution >= 4 is 23.0 Å². The molecule has 2 nitrogen and oxygen atoms in total. The summed E-state index contributed by atoms with van der Waals surface area (Å²) in [6.45, 7) is 4.23. The summed E-state index contributed by atoms with van der Waals surface area (Å²) in [7, 11) is 1.67. The van der Waals surface area contributed by atoms with Crippen LogP contribution in [0.5, 0.6) is 5.75 Å². The van der Waals surface area contributed by atoms with Gasteiger partial charge in [0.15, 0.2) is 0 Å². The van der Waals surface area contributed by atoms with E-state index in [4.69, 9.17) is 4.74 Å². The van der Waals surface area contributed by atoms with Crippen molar-refractivity contribution in [3.8, 4) is 5.75 Å². The Kier molecular flexibility index (Phi) is 7.06. The molecule has 0 heterocycles. The Hall–Kier alpha value is -4.04. The van der Waals surface area contributed by atoms with E-state index in [2.05, 4.69) is 110 Å². The minimum Gasteiger partial charge on any atom is -0.497 e. The maximum atomic E-state index is 5.22. The van der Waals surface area contributed by atoms with Gasteiger partial charge < -0.3 is 10.1 Å². The third kappa shape index (κ3) is 6.02. The molecule has 0 aromatic heterocycles. The Morgan fingerprint density at radius 1 is 0.636 bits per heavy atom. The maximum Gasteiger partial charge on any atom is 0.119 e. The van der Waals surface area contributed by atoms with Crippen LogP contribution in [0.15, 0.2) is 109 Å². The number of rotatable bonds is 7. The highest BCUT2D eigenvalue weighted by molar-refractivity contribution is 5.81. The first kappa shape index (κ1) is 22.2. The molecule has 4 rings (SSSR count). The van der Waals surface area contributed by atoms with E-state index in [0.29, 0.717) is 0 Å². The van der Waals surface area contributed by atoms with E-state index in [-0.39, 0.29) is 0 Å². The van der Waals surface area contributed by atoms with Crippen molar-refractivity contribution in [2.45, 2.75) is 13.8 Å². The fraction of sp³-hybridized carbons (Fsp3) is 0.0968. The van der Waals surface area contributed by atoms with Gasteiger partial charge in [0.1, 0.15) is 5.75 Å². The Morgan fingerprint density at radius 2 is 1.12 bits per heavy atom. The molecule has 0 spiro atoms. The van der Waals surface area contributed by atoms with Gasteiger partial charge >= 0.3 is 0 Å². The van der Waals surface area contributed by atoms with E-state index in [1.165, 1.54) is 27.8 Å². The number of allylic oxidation sites excluding steroid dienone is 2. The second-order valence-electron chi connectivity index (χ2n) is 8.15. The summed E-state index contributed by atoms with van der Waals surface area (Å²) in [5, 5.41) is 3.42. The summed E-state index contributed by atoms with van der Waals surface area (Å²) in [4.78, 5) is 0. The fourth-order valence-electron chi connectivity index (χ4n) is 3.60. The zero-order valence-electron chi connectivity index (χ0n) is 19.4. The van der Waals surface area contributed by atoms with Gasteiger partial charge in [-0.25, -0.2) is 0 Å². The van der Waals surface area contributed by atoms with Crippen molar-refractivity contribution in [1.82, 2.24) is 0 Å². The van der Waals surface area contributed by atoms with Crippen LogP contribution in [0.3, 0.4) is 0 Å². The van der Waals surface area contributed by atoms with Crippen LogP contribution in [0, 0.1) is 13.8 Å². The molecule has 0 unspecified atom stereocenters. The van der Waals surface area contributed by atoms with Crippen molar-refractivity contribution in [2.75, 3.05) is 12.4 Å². The Balaban J connectivity index is 1.51. The Morgan fingerprint density at radius 3 is 1.61 bits per heavy atom. The molecular formula is C31H29NO. The largest absolute Gasteiger partial charge is 0.497 e. The molecule has 0 atom stereocenters. The number of hydrogen-bond donors (Lipinski definition) is 1. The monoisotopic (exact) mass is 431 g/mol. The van der Waals surface area contributed by atoms with Gasteiger partial charge in [-0.1, -0.05) is 90.0 Å². The number of nitrogens with one attached hydrogen (secondary N) is 1. The van der Waals surface area contributed by atoms with Gasteiger partial charge in [0.05, 0.1) is 7.11 Å². The molecule has 4 aromatic rings. The number of anilines is 2. The van der Waals surface area contributed by atoms with Crippen LogP contribution in [0.25, 0.3) is 11.6 Å². The minimum absolute atomic E-state index is 0.852. The van der Waals surface area contributed by atoms with Crippen LogP contribution in [0.4, 0.5) is 11.4 Å². The third-order valence-corrected chi connectivity index (χ3v) is 5.57. The third-order valence-electron chi connectivity index (χ3n) is 5.57. The maximum absolute atomic E-state index is 5.22. The molecule has 0 aliphatic carbocycles. The van der Waals surface area contributed by atoms with E-state index in [1.807, 2.05) is 24.3 Å². The van der Waals surface area contributed by atoms with Crippen molar-refractivity contribution in [1.29, 1.82) is 0 Å². The van der Waals surface area contributed by atoms with Crippen molar-refractivity contribution in [2.24, 2.45) is 0 Å². The lowest BCUT2D eigenvalue weighted by atomic mass is 9.96. The van der Waals surface area contributed by atoms with E-state index in [9.17, 15) is 0 Å². The average molecular weight is 432 g/mol. The minimum atomic E-state index is 0.852. The van der Waals surface area contributed by atoms with Gasteiger partial charge in [0.2, 0.25) is 0 Å². The second-order valence-corrected chi connectivity index (χ2v) is 8.15. The first-order chi connectivity index (χ1) is 16.1. The number of ether oxygens (including phenoxy) is 1. The van der Waals surface area contributed by atoms with E-state index < -0.39 is 0 Å². The van der Waals surface area contributed by atoms with Crippen LogP contribution < -0.4 is 10.1 Å². The summed E-state index contributed by atoms with van der Waals surface area (Å²) in [5.74, 6) is 0.852. The Labute approximate surface area is 196 Å². The molecule has 0 fully saturated rings. The van der Waals surface area contributed by atoms with Crippen molar-refractivity contribution in [3.05, 3.63) is 137 Å². The highest BCUT2D eigenvalue weighted by Crippen LogP contribution is 2.25. The number of methoxy groups -OCH3 is 1. The number of benzene rings is 4. The van der Waals surface area contributed by atoms with Gasteiger partial charge in [0, 0.05) is 11.4 Å². The normalized spacial score (nSPS) is 10.8. The summed E-state index contributed by atoms with van der Waals surface area (Å²) in [6.07, 6.45) is 6.46. The zero-order chi connectivity index (χ0) is 23.0. The lowest BCUT2D eigenvalue weighted by molar-refractivity contribution is 0.415. The summed E-state index contributed by atoms with van der Waals surface area (Å²) in [5.41, 5.74) is 9.40. The summed E-state index contributed by atoms with van der Waals surface area (Å²) >= 11 is 0. The summed E-state index contributed by atoms with van der Waals surface area (Å²) < 4.78 is 5.22. The molecule has 33 heavy (non-hydrogen) atoms. The quantitative estimate of drug-likeness (QED) is 0.298. The SMILES string of the molecule is COc1ccc(Nc2ccc(C=CC=C(c3ccc(C)cc3)c3ccc(C)cc3)cc2)cc1.